The minimum atomic E-state index is -0.193. The van der Waals surface area contributed by atoms with Gasteiger partial charge in [0.05, 0.1) is 12.3 Å². The van der Waals surface area contributed by atoms with Crippen molar-refractivity contribution in [3.8, 4) is 0 Å². The molecule has 0 bridgehead atoms. The Labute approximate surface area is 147 Å². The summed E-state index contributed by atoms with van der Waals surface area (Å²) in [6.45, 7) is 2.59. The lowest BCUT2D eigenvalue weighted by Crippen LogP contribution is -2.36. The Kier molecular flexibility index (Phi) is 6.51. The molecule has 0 spiro atoms. The molecule has 1 saturated heterocycles. The van der Waals surface area contributed by atoms with Crippen molar-refractivity contribution in [2.24, 2.45) is 0 Å². The molecular formula is C17H20Cl2N2O2. The first-order chi connectivity index (χ1) is 10.8. The molecule has 23 heavy (non-hydrogen) atoms. The molecule has 1 aliphatic rings. The number of carbonyl (C=O) groups is 1. The van der Waals surface area contributed by atoms with Gasteiger partial charge in [0.2, 0.25) is 0 Å². The van der Waals surface area contributed by atoms with Gasteiger partial charge in [-0.2, -0.15) is 0 Å². The van der Waals surface area contributed by atoms with Crippen molar-refractivity contribution < 1.29 is 9.21 Å². The average molecular weight is 355 g/mol. The smallest absolute Gasteiger partial charge is 0.287 e. The summed E-state index contributed by atoms with van der Waals surface area (Å²) in [5.41, 5.74) is 1.06. The van der Waals surface area contributed by atoms with Crippen molar-refractivity contribution in [1.82, 2.24) is 10.2 Å². The maximum atomic E-state index is 12.1. The van der Waals surface area contributed by atoms with Gasteiger partial charge >= 0.3 is 0 Å². The minimum absolute atomic E-state index is 0. The van der Waals surface area contributed by atoms with E-state index in [9.17, 15) is 4.79 Å². The number of hydrogen-bond donors (Lipinski definition) is 1. The van der Waals surface area contributed by atoms with Gasteiger partial charge in [0, 0.05) is 11.6 Å². The number of carbonyl (C=O) groups excluding carboxylic acids is 1. The molecule has 0 saturated carbocycles. The van der Waals surface area contributed by atoms with Gasteiger partial charge in [0.1, 0.15) is 0 Å². The average Bonchev–Trinajstić information content (AvgIpc) is 3.22. The lowest BCUT2D eigenvalue weighted by molar-refractivity contribution is 0.0910. The van der Waals surface area contributed by atoms with E-state index in [1.165, 1.54) is 19.1 Å². The zero-order valence-corrected chi connectivity index (χ0v) is 14.3. The maximum absolute atomic E-state index is 12.1. The highest BCUT2D eigenvalue weighted by Gasteiger charge is 2.25. The van der Waals surface area contributed by atoms with Crippen molar-refractivity contribution in [2.75, 3.05) is 19.6 Å². The molecule has 1 aromatic heterocycles. The molecule has 3 rings (SSSR count). The number of nitrogens with zero attached hydrogens (tertiary/aromatic N) is 1. The largest absolute Gasteiger partial charge is 0.459 e. The molecular weight excluding hydrogens is 335 g/mol. The van der Waals surface area contributed by atoms with Gasteiger partial charge in [0.15, 0.2) is 5.76 Å². The first-order valence-corrected chi connectivity index (χ1v) is 7.93. The molecule has 1 fully saturated rings. The Morgan fingerprint density at radius 1 is 1.22 bits per heavy atom. The summed E-state index contributed by atoms with van der Waals surface area (Å²) in [5, 5.41) is 3.70. The molecule has 0 radical (unpaired) electrons. The molecule has 1 N–H and O–H groups in total. The molecule has 0 aliphatic carbocycles. The molecule has 1 aromatic carbocycles. The summed E-state index contributed by atoms with van der Waals surface area (Å²) in [5.74, 6) is 0.139. The molecule has 1 unspecified atom stereocenters. The van der Waals surface area contributed by atoms with Gasteiger partial charge in [0.25, 0.3) is 5.91 Å². The van der Waals surface area contributed by atoms with E-state index >= 15 is 0 Å². The van der Waals surface area contributed by atoms with Gasteiger partial charge in [-0.3, -0.25) is 9.69 Å². The van der Waals surface area contributed by atoms with Crippen LogP contribution in [0.25, 0.3) is 0 Å². The topological polar surface area (TPSA) is 45.5 Å². The SMILES string of the molecule is Cl.O=C(NCC(c1ccccc1Cl)N1CCCC1)c1ccco1. The second kappa shape index (κ2) is 8.39. The number of likely N-dealkylation sites (tertiary alicyclic amines) is 1. The highest BCUT2D eigenvalue weighted by atomic mass is 35.5. The number of amides is 1. The normalized spacial score (nSPS) is 15.9. The van der Waals surface area contributed by atoms with E-state index in [-0.39, 0.29) is 24.4 Å². The van der Waals surface area contributed by atoms with E-state index < -0.39 is 0 Å². The Morgan fingerprint density at radius 3 is 2.61 bits per heavy atom. The molecule has 1 amide bonds. The van der Waals surface area contributed by atoms with Crippen molar-refractivity contribution in [3.05, 3.63) is 59.0 Å². The van der Waals surface area contributed by atoms with Gasteiger partial charge in [-0.05, 0) is 49.7 Å². The fraction of sp³-hybridized carbons (Fsp3) is 0.353. The van der Waals surface area contributed by atoms with Crippen molar-refractivity contribution in [1.29, 1.82) is 0 Å². The molecule has 4 nitrogen and oxygen atoms in total. The van der Waals surface area contributed by atoms with Crippen LogP contribution in [0.15, 0.2) is 47.1 Å². The fourth-order valence-electron chi connectivity index (χ4n) is 2.92. The number of halogens is 2. The zero-order chi connectivity index (χ0) is 15.4. The number of benzene rings is 1. The van der Waals surface area contributed by atoms with Crippen LogP contribution >= 0.6 is 24.0 Å². The highest BCUT2D eigenvalue weighted by molar-refractivity contribution is 6.31. The first kappa shape index (κ1) is 17.9. The van der Waals surface area contributed by atoms with E-state index in [1.54, 1.807) is 12.1 Å². The Hall–Kier alpha value is -1.49. The van der Waals surface area contributed by atoms with Crippen molar-refractivity contribution >= 4 is 29.9 Å². The molecule has 124 valence electrons. The van der Waals surface area contributed by atoms with Crippen LogP contribution in [0.4, 0.5) is 0 Å². The van der Waals surface area contributed by atoms with Crippen LogP contribution in [0.2, 0.25) is 5.02 Å². The maximum Gasteiger partial charge on any atom is 0.287 e. The van der Waals surface area contributed by atoms with Crippen LogP contribution < -0.4 is 5.32 Å². The summed E-state index contributed by atoms with van der Waals surface area (Å²) in [6.07, 6.45) is 3.88. The van der Waals surface area contributed by atoms with E-state index in [0.29, 0.717) is 12.3 Å². The Balaban J connectivity index is 0.00000192. The van der Waals surface area contributed by atoms with E-state index in [2.05, 4.69) is 10.2 Å². The summed E-state index contributed by atoms with van der Waals surface area (Å²) in [7, 11) is 0. The molecule has 1 aliphatic heterocycles. The van der Waals surface area contributed by atoms with Gasteiger partial charge in [-0.15, -0.1) is 12.4 Å². The summed E-state index contributed by atoms with van der Waals surface area (Å²) in [4.78, 5) is 14.5. The summed E-state index contributed by atoms with van der Waals surface area (Å²) in [6, 6.07) is 11.3. The standard InChI is InChI=1S/C17H19ClN2O2.ClH/c18-14-7-2-1-6-13(14)15(20-9-3-4-10-20)12-19-17(21)16-8-5-11-22-16;/h1-2,5-8,11,15H,3-4,9-10,12H2,(H,19,21);1H. The van der Waals surface area contributed by atoms with Crippen molar-refractivity contribution in [3.63, 3.8) is 0 Å². The number of hydrogen-bond acceptors (Lipinski definition) is 3. The second-order valence-electron chi connectivity index (χ2n) is 5.47. The lowest BCUT2D eigenvalue weighted by atomic mass is 10.1. The van der Waals surface area contributed by atoms with E-state index in [0.717, 1.165) is 23.7 Å². The predicted molar refractivity (Wildman–Crippen MR) is 93.3 cm³/mol. The number of furan rings is 1. The quantitative estimate of drug-likeness (QED) is 0.884. The third kappa shape index (κ3) is 4.28. The Bertz CT molecular complexity index is 625. The summed E-state index contributed by atoms with van der Waals surface area (Å²) >= 11 is 6.35. The summed E-state index contributed by atoms with van der Waals surface area (Å²) < 4.78 is 5.13. The molecule has 2 aromatic rings. The Morgan fingerprint density at radius 2 is 1.96 bits per heavy atom. The lowest BCUT2D eigenvalue weighted by Gasteiger charge is -2.28. The van der Waals surface area contributed by atoms with Crippen LogP contribution in [0.1, 0.15) is 35.0 Å². The van der Waals surface area contributed by atoms with E-state index in [4.69, 9.17) is 16.0 Å². The molecule has 1 atom stereocenters. The van der Waals surface area contributed by atoms with Crippen LogP contribution in [0.5, 0.6) is 0 Å². The van der Waals surface area contributed by atoms with Gasteiger partial charge in [-0.25, -0.2) is 0 Å². The van der Waals surface area contributed by atoms with Gasteiger partial charge < -0.3 is 9.73 Å². The van der Waals surface area contributed by atoms with Crippen LogP contribution in [-0.4, -0.2) is 30.4 Å². The first-order valence-electron chi connectivity index (χ1n) is 7.56. The fourth-order valence-corrected chi connectivity index (χ4v) is 3.18. The zero-order valence-electron chi connectivity index (χ0n) is 12.7. The van der Waals surface area contributed by atoms with Crippen LogP contribution in [-0.2, 0) is 0 Å². The highest BCUT2D eigenvalue weighted by Crippen LogP contribution is 2.29. The number of nitrogens with one attached hydrogen (secondary N) is 1. The third-order valence-corrected chi connectivity index (χ3v) is 4.39. The predicted octanol–water partition coefficient (Wildman–Crippen LogP) is 3.92. The third-order valence-electron chi connectivity index (χ3n) is 4.05. The van der Waals surface area contributed by atoms with Crippen LogP contribution in [0, 0.1) is 0 Å². The minimum Gasteiger partial charge on any atom is -0.459 e. The monoisotopic (exact) mass is 354 g/mol. The number of rotatable bonds is 5. The van der Waals surface area contributed by atoms with Crippen molar-refractivity contribution in [2.45, 2.75) is 18.9 Å². The molecule has 2 heterocycles. The van der Waals surface area contributed by atoms with Crippen LogP contribution in [0.3, 0.4) is 0 Å². The van der Waals surface area contributed by atoms with E-state index in [1.807, 2.05) is 24.3 Å². The van der Waals surface area contributed by atoms with Gasteiger partial charge in [-0.1, -0.05) is 29.8 Å². The second-order valence-corrected chi connectivity index (χ2v) is 5.87. The molecule has 6 heteroatoms.